The number of amides is 2. The average Bonchev–Trinajstić information content (AvgIpc) is 3.25. The van der Waals surface area contributed by atoms with Gasteiger partial charge in [-0.25, -0.2) is 0 Å². The Hall–Kier alpha value is -3.75. The number of nitrogens with zero attached hydrogens (tertiary/aromatic N) is 2. The first kappa shape index (κ1) is 18.6. The SMILES string of the molecule is CC1=NN(c2ccc(OC(F)F)cc2)C(=O)C1C(=O)Nc1ccc2[nH]ccc2c1. The molecule has 0 saturated carbocycles. The van der Waals surface area contributed by atoms with E-state index in [1.807, 2.05) is 12.1 Å². The van der Waals surface area contributed by atoms with Crippen LogP contribution in [0.4, 0.5) is 20.2 Å². The van der Waals surface area contributed by atoms with E-state index in [4.69, 9.17) is 0 Å². The lowest BCUT2D eigenvalue weighted by molar-refractivity contribution is -0.127. The van der Waals surface area contributed by atoms with Gasteiger partial charge in [0.15, 0.2) is 5.92 Å². The maximum Gasteiger partial charge on any atom is 0.387 e. The number of hydrogen-bond donors (Lipinski definition) is 2. The van der Waals surface area contributed by atoms with E-state index in [2.05, 4.69) is 20.1 Å². The van der Waals surface area contributed by atoms with Crippen LogP contribution in [0.2, 0.25) is 0 Å². The van der Waals surface area contributed by atoms with E-state index >= 15 is 0 Å². The minimum Gasteiger partial charge on any atom is -0.435 e. The zero-order valence-electron chi connectivity index (χ0n) is 15.2. The van der Waals surface area contributed by atoms with Crippen LogP contribution >= 0.6 is 0 Å². The van der Waals surface area contributed by atoms with Crippen LogP contribution < -0.4 is 15.1 Å². The van der Waals surface area contributed by atoms with Crippen molar-refractivity contribution >= 4 is 39.8 Å². The fraction of sp³-hybridized carbons (Fsp3) is 0.150. The lowest BCUT2D eigenvalue weighted by atomic mass is 10.0. The van der Waals surface area contributed by atoms with E-state index in [0.29, 0.717) is 17.1 Å². The summed E-state index contributed by atoms with van der Waals surface area (Å²) in [5.41, 5.74) is 2.18. The van der Waals surface area contributed by atoms with Gasteiger partial charge in [-0.05, 0) is 55.5 Å². The molecular weight excluding hydrogens is 382 g/mol. The van der Waals surface area contributed by atoms with Gasteiger partial charge < -0.3 is 15.0 Å². The zero-order chi connectivity index (χ0) is 20.5. The number of ether oxygens (including phenoxy) is 1. The predicted molar refractivity (Wildman–Crippen MR) is 104 cm³/mol. The first-order chi connectivity index (χ1) is 13.9. The summed E-state index contributed by atoms with van der Waals surface area (Å²) in [6, 6.07) is 12.7. The molecule has 1 aliphatic rings. The van der Waals surface area contributed by atoms with Crippen molar-refractivity contribution in [2.24, 2.45) is 11.0 Å². The molecule has 0 saturated heterocycles. The van der Waals surface area contributed by atoms with Crippen molar-refractivity contribution in [2.75, 3.05) is 10.3 Å². The molecule has 1 aromatic heterocycles. The normalized spacial score (nSPS) is 16.4. The van der Waals surface area contributed by atoms with Crippen LogP contribution in [0.5, 0.6) is 5.75 Å². The van der Waals surface area contributed by atoms with E-state index in [-0.39, 0.29) is 5.75 Å². The van der Waals surface area contributed by atoms with Gasteiger partial charge in [0.25, 0.3) is 5.91 Å². The third-order valence-corrected chi connectivity index (χ3v) is 4.52. The van der Waals surface area contributed by atoms with E-state index in [1.165, 1.54) is 24.3 Å². The summed E-state index contributed by atoms with van der Waals surface area (Å²) in [6.07, 6.45) is 1.79. The van der Waals surface area contributed by atoms with E-state index in [1.54, 1.807) is 25.3 Å². The van der Waals surface area contributed by atoms with Gasteiger partial charge in [0.1, 0.15) is 5.75 Å². The highest BCUT2D eigenvalue weighted by molar-refractivity contribution is 6.28. The van der Waals surface area contributed by atoms with Gasteiger partial charge in [0.2, 0.25) is 5.91 Å². The van der Waals surface area contributed by atoms with Gasteiger partial charge in [0, 0.05) is 22.8 Å². The quantitative estimate of drug-likeness (QED) is 0.642. The Bertz CT molecular complexity index is 1110. The molecule has 9 heteroatoms. The summed E-state index contributed by atoms with van der Waals surface area (Å²) in [6.45, 7) is -1.35. The average molecular weight is 398 g/mol. The molecule has 2 aromatic carbocycles. The van der Waals surface area contributed by atoms with Crippen molar-refractivity contribution in [2.45, 2.75) is 13.5 Å². The zero-order valence-corrected chi connectivity index (χ0v) is 15.2. The van der Waals surface area contributed by atoms with Crippen LogP contribution in [0.15, 0.2) is 59.8 Å². The number of carbonyl (C=O) groups excluding carboxylic acids is 2. The van der Waals surface area contributed by atoms with Gasteiger partial charge in [-0.15, -0.1) is 0 Å². The molecule has 2 amide bonds. The molecule has 0 spiro atoms. The number of aromatic amines is 1. The highest BCUT2D eigenvalue weighted by atomic mass is 19.3. The number of halogens is 2. The van der Waals surface area contributed by atoms with Gasteiger partial charge in [-0.1, -0.05) is 0 Å². The maximum atomic E-state index is 12.8. The number of aromatic nitrogens is 1. The molecule has 29 heavy (non-hydrogen) atoms. The van der Waals surface area contributed by atoms with Crippen molar-refractivity contribution in [3.8, 4) is 5.75 Å². The minimum absolute atomic E-state index is 0.0365. The molecule has 1 atom stereocenters. The molecule has 0 radical (unpaired) electrons. The highest BCUT2D eigenvalue weighted by Gasteiger charge is 2.39. The molecule has 0 bridgehead atoms. The molecule has 0 aliphatic carbocycles. The van der Waals surface area contributed by atoms with Crippen LogP contribution in [0.3, 0.4) is 0 Å². The second-order valence-electron chi connectivity index (χ2n) is 6.47. The Kier molecular flexibility index (Phi) is 4.71. The van der Waals surface area contributed by atoms with E-state index in [0.717, 1.165) is 15.9 Å². The first-order valence-corrected chi connectivity index (χ1v) is 8.74. The number of hydrazone groups is 1. The van der Waals surface area contributed by atoms with Crippen LogP contribution in [0.25, 0.3) is 10.9 Å². The number of fused-ring (bicyclic) bond motifs is 1. The Morgan fingerprint density at radius 2 is 1.97 bits per heavy atom. The van der Waals surface area contributed by atoms with Crippen molar-refractivity contribution in [3.63, 3.8) is 0 Å². The Morgan fingerprint density at radius 3 is 2.69 bits per heavy atom. The molecule has 2 heterocycles. The van der Waals surface area contributed by atoms with Crippen LogP contribution in [0, 0.1) is 5.92 Å². The molecular formula is C20H16F2N4O3. The van der Waals surface area contributed by atoms with E-state index < -0.39 is 24.3 Å². The van der Waals surface area contributed by atoms with Crippen molar-refractivity contribution in [1.82, 2.24) is 4.98 Å². The third kappa shape index (κ3) is 3.66. The monoisotopic (exact) mass is 398 g/mol. The molecule has 1 unspecified atom stereocenters. The Morgan fingerprint density at radius 1 is 1.21 bits per heavy atom. The van der Waals surface area contributed by atoms with Crippen LogP contribution in [-0.4, -0.2) is 29.1 Å². The number of carbonyl (C=O) groups is 2. The smallest absolute Gasteiger partial charge is 0.387 e. The standard InChI is InChI=1S/C20H16F2N4O3/c1-11-17(18(27)24-13-2-7-16-12(10-13)8-9-23-16)19(28)26(25-11)14-3-5-15(6-4-14)29-20(21)22/h2-10,17,20,23H,1H3,(H,24,27). The molecule has 3 aromatic rings. The van der Waals surface area contributed by atoms with Crippen molar-refractivity contribution in [3.05, 3.63) is 54.7 Å². The Balaban J connectivity index is 1.49. The molecule has 1 aliphatic heterocycles. The number of hydrogen-bond acceptors (Lipinski definition) is 4. The summed E-state index contributed by atoms with van der Waals surface area (Å²) in [4.78, 5) is 28.6. The number of benzene rings is 2. The second-order valence-corrected chi connectivity index (χ2v) is 6.47. The summed E-state index contributed by atoms with van der Waals surface area (Å²) in [7, 11) is 0. The van der Waals surface area contributed by atoms with Crippen molar-refractivity contribution in [1.29, 1.82) is 0 Å². The lowest BCUT2D eigenvalue weighted by Crippen LogP contribution is -2.36. The Labute approximate surface area is 164 Å². The summed E-state index contributed by atoms with van der Waals surface area (Å²) in [5, 5.41) is 8.92. The molecule has 7 nitrogen and oxygen atoms in total. The highest BCUT2D eigenvalue weighted by Crippen LogP contribution is 2.27. The van der Waals surface area contributed by atoms with Crippen LogP contribution in [-0.2, 0) is 9.59 Å². The van der Waals surface area contributed by atoms with Gasteiger partial charge >= 0.3 is 6.61 Å². The summed E-state index contributed by atoms with van der Waals surface area (Å²) in [5.74, 6) is -2.13. The minimum atomic E-state index is -2.94. The first-order valence-electron chi connectivity index (χ1n) is 8.74. The summed E-state index contributed by atoms with van der Waals surface area (Å²) >= 11 is 0. The molecule has 4 rings (SSSR count). The van der Waals surface area contributed by atoms with Crippen molar-refractivity contribution < 1.29 is 23.1 Å². The van der Waals surface area contributed by atoms with Gasteiger partial charge in [-0.3, -0.25) is 9.59 Å². The molecule has 2 N–H and O–H groups in total. The maximum absolute atomic E-state index is 12.8. The fourth-order valence-corrected chi connectivity index (χ4v) is 3.17. The van der Waals surface area contributed by atoms with Crippen LogP contribution in [0.1, 0.15) is 6.92 Å². The lowest BCUT2D eigenvalue weighted by Gasteiger charge is -2.15. The van der Waals surface area contributed by atoms with E-state index in [9.17, 15) is 18.4 Å². The fourth-order valence-electron chi connectivity index (χ4n) is 3.17. The van der Waals surface area contributed by atoms with Gasteiger partial charge in [0.05, 0.1) is 11.4 Å². The number of alkyl halides is 2. The number of rotatable bonds is 5. The number of nitrogens with one attached hydrogen (secondary N) is 2. The topological polar surface area (TPSA) is 86.8 Å². The summed E-state index contributed by atoms with van der Waals surface area (Å²) < 4.78 is 28.8. The molecule has 148 valence electrons. The third-order valence-electron chi connectivity index (χ3n) is 4.52. The predicted octanol–water partition coefficient (Wildman–Crippen LogP) is 3.75. The molecule has 0 fully saturated rings. The largest absolute Gasteiger partial charge is 0.435 e. The number of H-pyrrole nitrogens is 1. The van der Waals surface area contributed by atoms with Gasteiger partial charge in [-0.2, -0.15) is 18.9 Å². The number of anilines is 2. The second kappa shape index (κ2) is 7.34.